The van der Waals surface area contributed by atoms with Gasteiger partial charge in [-0.2, -0.15) is 0 Å². The van der Waals surface area contributed by atoms with Crippen molar-refractivity contribution < 1.29 is 9.90 Å². The Morgan fingerprint density at radius 1 is 1.43 bits per heavy atom. The quantitative estimate of drug-likeness (QED) is 0.791. The molecule has 1 aromatic rings. The molecule has 0 aliphatic heterocycles. The fourth-order valence-corrected chi connectivity index (χ4v) is 1.46. The van der Waals surface area contributed by atoms with Crippen LogP contribution in [0.2, 0.25) is 0 Å². The minimum atomic E-state index is -1.24. The van der Waals surface area contributed by atoms with E-state index in [1.807, 2.05) is 0 Å². The van der Waals surface area contributed by atoms with Crippen LogP contribution in [0, 0.1) is 0 Å². The average molecular weight is 278 g/mol. The fraction of sp³-hybridized carbons (Fsp3) is 0.222. The number of benzene rings is 1. The molecule has 0 aromatic heterocycles. The van der Waals surface area contributed by atoms with E-state index in [1.165, 1.54) is 0 Å². The molecule has 0 fully saturated rings. The van der Waals surface area contributed by atoms with Gasteiger partial charge in [-0.25, -0.2) is 0 Å². The molecule has 0 radical (unpaired) electrons. The van der Waals surface area contributed by atoms with Gasteiger partial charge in [0.15, 0.2) is 0 Å². The molecule has 1 rings (SSSR count). The van der Waals surface area contributed by atoms with Crippen LogP contribution in [0.3, 0.4) is 0 Å². The predicted molar refractivity (Wildman–Crippen MR) is 57.6 cm³/mol. The van der Waals surface area contributed by atoms with Gasteiger partial charge >= 0.3 is 0 Å². The Hall–Kier alpha value is -0.740. The number of anilines is 1. The normalized spacial score (nSPS) is 9.86. The maximum atomic E-state index is 10.7. The zero-order chi connectivity index (χ0) is 10.6. The van der Waals surface area contributed by atoms with Crippen molar-refractivity contribution in [2.75, 3.05) is 17.3 Å². The lowest BCUT2D eigenvalue weighted by Gasteiger charge is -2.24. The van der Waals surface area contributed by atoms with Crippen molar-refractivity contribution in [3.05, 3.63) is 28.7 Å². The van der Waals surface area contributed by atoms with Crippen molar-refractivity contribution in [1.82, 2.24) is 0 Å². The van der Waals surface area contributed by atoms with Crippen LogP contribution in [0.1, 0.15) is 0 Å². The molecular formula is C9H8BrClNO2-. The van der Waals surface area contributed by atoms with E-state index < -0.39 is 6.09 Å². The number of hydrogen-bond acceptors (Lipinski definition) is 2. The van der Waals surface area contributed by atoms with Crippen molar-refractivity contribution in [2.45, 2.75) is 0 Å². The van der Waals surface area contributed by atoms with Gasteiger partial charge < -0.3 is 14.8 Å². The molecule has 1 aromatic carbocycles. The second kappa shape index (κ2) is 5.22. The molecule has 3 nitrogen and oxygen atoms in total. The van der Waals surface area contributed by atoms with Gasteiger partial charge in [0.1, 0.15) is 6.09 Å². The fourth-order valence-electron chi connectivity index (χ4n) is 1.03. The first kappa shape index (κ1) is 11.3. The summed E-state index contributed by atoms with van der Waals surface area (Å²) in [4.78, 5) is 11.8. The highest BCUT2D eigenvalue weighted by molar-refractivity contribution is 9.10. The van der Waals surface area contributed by atoms with Gasteiger partial charge in [0, 0.05) is 22.6 Å². The molecule has 0 atom stereocenters. The summed E-state index contributed by atoms with van der Waals surface area (Å²) in [6.07, 6.45) is -1.24. The van der Waals surface area contributed by atoms with Crippen LogP contribution in [0.4, 0.5) is 10.5 Å². The number of alkyl halides is 1. The Labute approximate surface area is 95.4 Å². The largest absolute Gasteiger partial charge is 0.530 e. The number of halogens is 2. The predicted octanol–water partition coefficient (Wildman–Crippen LogP) is 1.84. The molecule has 0 unspecified atom stereocenters. The minimum absolute atomic E-state index is 0.228. The summed E-state index contributed by atoms with van der Waals surface area (Å²) < 4.78 is 0.894. The number of carboxylic acid groups (broad SMARTS) is 1. The second-order valence-corrected chi connectivity index (χ2v) is 3.88. The Balaban J connectivity index is 2.87. The maximum Gasteiger partial charge on any atom is 0.141 e. The molecule has 0 N–H and O–H groups in total. The van der Waals surface area contributed by atoms with E-state index in [1.54, 1.807) is 24.3 Å². The molecule has 0 saturated heterocycles. The molecule has 0 aliphatic carbocycles. The number of hydrogen-bond donors (Lipinski definition) is 0. The Morgan fingerprint density at radius 2 is 2.00 bits per heavy atom. The van der Waals surface area contributed by atoms with E-state index in [0.29, 0.717) is 5.69 Å². The molecule has 76 valence electrons. The number of rotatable bonds is 3. The van der Waals surface area contributed by atoms with Crippen molar-refractivity contribution in [1.29, 1.82) is 0 Å². The molecule has 0 heterocycles. The highest BCUT2D eigenvalue weighted by Crippen LogP contribution is 2.17. The van der Waals surface area contributed by atoms with Crippen LogP contribution in [0.25, 0.3) is 0 Å². The van der Waals surface area contributed by atoms with Crippen LogP contribution < -0.4 is 10.0 Å². The highest BCUT2D eigenvalue weighted by atomic mass is 79.9. The lowest BCUT2D eigenvalue weighted by atomic mass is 10.3. The average Bonchev–Trinajstić information content (AvgIpc) is 2.15. The monoisotopic (exact) mass is 276 g/mol. The highest BCUT2D eigenvalue weighted by Gasteiger charge is 2.05. The molecule has 14 heavy (non-hydrogen) atoms. The maximum absolute atomic E-state index is 10.7. The molecule has 0 spiro atoms. The van der Waals surface area contributed by atoms with Crippen LogP contribution in [0.15, 0.2) is 28.7 Å². The van der Waals surface area contributed by atoms with E-state index in [4.69, 9.17) is 11.6 Å². The molecule has 0 saturated carbocycles. The molecule has 0 aliphatic rings. The van der Waals surface area contributed by atoms with Gasteiger partial charge in [0.05, 0.1) is 0 Å². The summed E-state index contributed by atoms with van der Waals surface area (Å²) in [7, 11) is 0. The van der Waals surface area contributed by atoms with E-state index in [9.17, 15) is 9.90 Å². The summed E-state index contributed by atoms with van der Waals surface area (Å²) in [5, 5.41) is 10.7. The smallest absolute Gasteiger partial charge is 0.141 e. The first-order valence-electron chi connectivity index (χ1n) is 3.95. The molecule has 1 amide bonds. The van der Waals surface area contributed by atoms with Crippen LogP contribution in [-0.4, -0.2) is 18.5 Å². The standard InChI is InChI=1S/C9H9BrClNO2/c10-7-1-3-8(4-2-7)12(6-5-11)9(13)14/h1-4H,5-6H2,(H,13,14)/p-1. The van der Waals surface area contributed by atoms with Crippen LogP contribution >= 0.6 is 27.5 Å². The third-order valence-electron chi connectivity index (χ3n) is 1.67. The Kier molecular flexibility index (Phi) is 4.22. The van der Waals surface area contributed by atoms with Crippen molar-refractivity contribution in [3.8, 4) is 0 Å². The van der Waals surface area contributed by atoms with Crippen LogP contribution in [-0.2, 0) is 0 Å². The van der Waals surface area contributed by atoms with Gasteiger partial charge in [-0.3, -0.25) is 0 Å². The Bertz CT molecular complexity index is 315. The summed E-state index contributed by atoms with van der Waals surface area (Å²) in [5.74, 6) is 0.240. The van der Waals surface area contributed by atoms with E-state index in [0.717, 1.165) is 9.37 Å². The van der Waals surface area contributed by atoms with E-state index in [2.05, 4.69) is 15.9 Å². The summed E-state index contributed by atoms with van der Waals surface area (Å²) >= 11 is 8.74. The van der Waals surface area contributed by atoms with Crippen molar-refractivity contribution >= 4 is 39.3 Å². The van der Waals surface area contributed by atoms with Crippen molar-refractivity contribution in [2.24, 2.45) is 0 Å². The molecule has 0 bridgehead atoms. The van der Waals surface area contributed by atoms with Crippen molar-refractivity contribution in [3.63, 3.8) is 0 Å². The van der Waals surface area contributed by atoms with Gasteiger partial charge in [-0.05, 0) is 24.3 Å². The zero-order valence-corrected chi connectivity index (χ0v) is 9.59. The topological polar surface area (TPSA) is 43.4 Å². The lowest BCUT2D eigenvalue weighted by Crippen LogP contribution is -2.42. The summed E-state index contributed by atoms with van der Waals surface area (Å²) in [5.41, 5.74) is 0.564. The summed E-state index contributed by atoms with van der Waals surface area (Å²) in [6, 6.07) is 6.90. The number of carbonyl (C=O) groups excluding carboxylic acids is 1. The SMILES string of the molecule is O=C([O-])N(CCCl)c1ccc(Br)cc1. The third kappa shape index (κ3) is 2.89. The first-order chi connectivity index (χ1) is 6.65. The van der Waals surface area contributed by atoms with Crippen LogP contribution in [0.5, 0.6) is 0 Å². The number of amides is 1. The molecule has 5 heteroatoms. The van der Waals surface area contributed by atoms with Gasteiger partial charge in [-0.1, -0.05) is 15.9 Å². The third-order valence-corrected chi connectivity index (χ3v) is 2.36. The second-order valence-electron chi connectivity index (χ2n) is 2.58. The lowest BCUT2D eigenvalue weighted by molar-refractivity contribution is -0.246. The minimum Gasteiger partial charge on any atom is -0.530 e. The van der Waals surface area contributed by atoms with E-state index in [-0.39, 0.29) is 12.4 Å². The molecular weight excluding hydrogens is 269 g/mol. The number of carbonyl (C=O) groups is 1. The number of nitrogens with zero attached hydrogens (tertiary/aromatic N) is 1. The zero-order valence-electron chi connectivity index (χ0n) is 7.24. The van der Waals surface area contributed by atoms with E-state index >= 15 is 0 Å². The van der Waals surface area contributed by atoms with Gasteiger partial charge in [0.2, 0.25) is 0 Å². The first-order valence-corrected chi connectivity index (χ1v) is 5.28. The Morgan fingerprint density at radius 3 is 2.43 bits per heavy atom. The van der Waals surface area contributed by atoms with Gasteiger partial charge in [0.25, 0.3) is 0 Å². The summed E-state index contributed by atoms with van der Waals surface area (Å²) in [6.45, 7) is 0.228. The van der Waals surface area contributed by atoms with Gasteiger partial charge in [-0.15, -0.1) is 11.6 Å².